The van der Waals surface area contributed by atoms with E-state index in [2.05, 4.69) is 35.0 Å². The van der Waals surface area contributed by atoms with Crippen LogP contribution in [0.5, 0.6) is 11.6 Å². The molecule has 1 N–H and O–H groups in total. The second-order valence-electron chi connectivity index (χ2n) is 4.19. The number of aromatic nitrogens is 4. The molecule has 2 aromatic heterocycles. The average molecular weight is 327 g/mol. The number of nitrogens with one attached hydrogen (secondary N) is 1. The van der Waals surface area contributed by atoms with Gasteiger partial charge in [0.2, 0.25) is 11.3 Å². The number of rotatable bonds is 4. The number of halogens is 3. The highest BCUT2D eigenvalue weighted by Gasteiger charge is 2.31. The first-order valence-corrected chi connectivity index (χ1v) is 6.12. The van der Waals surface area contributed by atoms with Crippen molar-refractivity contribution in [1.82, 2.24) is 20.3 Å². The largest absolute Gasteiger partial charge is 0.573 e. The number of hydrogen-bond donors (Lipinski definition) is 1. The summed E-state index contributed by atoms with van der Waals surface area (Å²) in [5.74, 6) is -0.159. The van der Waals surface area contributed by atoms with Crippen molar-refractivity contribution >= 4 is 22.8 Å². The molecule has 0 unspecified atom stereocenters. The third kappa shape index (κ3) is 3.39. The van der Waals surface area contributed by atoms with E-state index in [9.17, 15) is 13.2 Å². The molecule has 0 radical (unpaired) electrons. The minimum atomic E-state index is -4.78. The lowest BCUT2D eigenvalue weighted by Gasteiger charge is -2.11. The van der Waals surface area contributed by atoms with Crippen molar-refractivity contribution in [2.24, 2.45) is 0 Å². The number of alkyl halides is 3. The first kappa shape index (κ1) is 14.8. The van der Waals surface area contributed by atoms with Crippen LogP contribution in [-0.4, -0.2) is 33.8 Å². The predicted molar refractivity (Wildman–Crippen MR) is 70.4 cm³/mol. The van der Waals surface area contributed by atoms with Crippen molar-refractivity contribution in [3.8, 4) is 11.6 Å². The first-order valence-electron chi connectivity index (χ1n) is 6.12. The van der Waals surface area contributed by atoms with E-state index in [4.69, 9.17) is 4.74 Å². The van der Waals surface area contributed by atoms with Crippen LogP contribution in [0.1, 0.15) is 0 Å². The normalized spacial score (nSPS) is 11.5. The Morgan fingerprint density at radius 3 is 2.57 bits per heavy atom. The molecule has 0 aliphatic rings. The molecule has 0 aliphatic heterocycles. The lowest BCUT2D eigenvalue weighted by molar-refractivity contribution is -0.274. The number of anilines is 2. The molecule has 0 fully saturated rings. The van der Waals surface area contributed by atoms with Crippen molar-refractivity contribution in [3.05, 3.63) is 24.3 Å². The molecule has 8 nitrogen and oxygen atoms in total. The van der Waals surface area contributed by atoms with E-state index in [-0.39, 0.29) is 34.4 Å². The highest BCUT2D eigenvalue weighted by atomic mass is 19.4. The molecule has 11 heteroatoms. The topological polar surface area (TPSA) is 95.2 Å². The summed E-state index contributed by atoms with van der Waals surface area (Å²) in [5, 5.41) is 9.83. The van der Waals surface area contributed by atoms with Gasteiger partial charge in [0.1, 0.15) is 5.75 Å². The zero-order chi connectivity index (χ0) is 16.4. The van der Waals surface area contributed by atoms with Gasteiger partial charge in [0.15, 0.2) is 5.82 Å². The molecule has 0 saturated carbocycles. The number of nitrogens with zero attached hydrogens (tertiary/aromatic N) is 4. The summed E-state index contributed by atoms with van der Waals surface area (Å²) in [4.78, 5) is 8.08. The Balaban J connectivity index is 1.91. The van der Waals surface area contributed by atoms with Gasteiger partial charge < -0.3 is 14.8 Å². The summed E-state index contributed by atoms with van der Waals surface area (Å²) in [6.07, 6.45) is -4.78. The second-order valence-corrected chi connectivity index (χ2v) is 4.19. The van der Waals surface area contributed by atoms with Gasteiger partial charge in [-0.25, -0.2) is 4.63 Å². The minimum absolute atomic E-state index is 0.0790. The summed E-state index contributed by atoms with van der Waals surface area (Å²) < 4.78 is 50.1. The van der Waals surface area contributed by atoms with E-state index in [1.807, 2.05) is 0 Å². The van der Waals surface area contributed by atoms with E-state index in [1.165, 1.54) is 25.3 Å². The monoisotopic (exact) mass is 327 g/mol. The van der Waals surface area contributed by atoms with Crippen LogP contribution in [0.25, 0.3) is 11.3 Å². The molecule has 0 bridgehead atoms. The Bertz CT molecular complexity index is 836. The van der Waals surface area contributed by atoms with E-state index < -0.39 is 6.36 Å². The quantitative estimate of drug-likeness (QED) is 0.781. The molecule has 0 saturated heterocycles. The number of hydrogen-bond acceptors (Lipinski definition) is 8. The van der Waals surface area contributed by atoms with Crippen LogP contribution in [-0.2, 0) is 0 Å². The molecule has 1 aromatic carbocycles. The maximum atomic E-state index is 12.2. The number of ether oxygens (including phenoxy) is 2. The Kier molecular flexibility index (Phi) is 3.60. The van der Waals surface area contributed by atoms with Gasteiger partial charge in [-0.1, -0.05) is 6.07 Å². The Morgan fingerprint density at radius 1 is 1.13 bits per heavy atom. The summed E-state index contributed by atoms with van der Waals surface area (Å²) in [6, 6.07) is 5.24. The summed E-state index contributed by atoms with van der Waals surface area (Å²) in [6.45, 7) is 0. The van der Waals surface area contributed by atoms with E-state index in [0.717, 1.165) is 6.07 Å². The van der Waals surface area contributed by atoms with E-state index >= 15 is 0 Å². The fourth-order valence-corrected chi connectivity index (χ4v) is 1.75. The molecule has 0 spiro atoms. The number of benzene rings is 1. The van der Waals surface area contributed by atoms with Gasteiger partial charge in [-0.2, -0.15) is 9.97 Å². The lowest BCUT2D eigenvalue weighted by Crippen LogP contribution is -2.17. The molecule has 0 atom stereocenters. The summed E-state index contributed by atoms with van der Waals surface area (Å²) in [5.41, 5.74) is 0.549. The van der Waals surface area contributed by atoms with Gasteiger partial charge in [-0.15, -0.1) is 13.2 Å². The number of methoxy groups -OCH3 is 1. The van der Waals surface area contributed by atoms with E-state index in [1.54, 1.807) is 0 Å². The van der Waals surface area contributed by atoms with Crippen LogP contribution in [0.4, 0.5) is 24.7 Å². The third-order valence-electron chi connectivity index (χ3n) is 2.61. The smallest absolute Gasteiger partial charge is 0.478 e. The highest BCUT2D eigenvalue weighted by molar-refractivity contribution is 5.71. The molecule has 0 amide bonds. The Morgan fingerprint density at radius 2 is 1.87 bits per heavy atom. The van der Waals surface area contributed by atoms with Crippen LogP contribution in [0.2, 0.25) is 0 Å². The SMILES string of the molecule is COc1nc2nonc2nc1Nc1cccc(OC(F)(F)F)c1. The maximum absolute atomic E-state index is 12.2. The number of fused-ring (bicyclic) bond motifs is 1. The maximum Gasteiger partial charge on any atom is 0.573 e. The molecule has 2 heterocycles. The Hall–Kier alpha value is -3.11. The molecule has 3 rings (SSSR count). The zero-order valence-corrected chi connectivity index (χ0v) is 11.5. The molecule has 23 heavy (non-hydrogen) atoms. The average Bonchev–Trinajstić information content (AvgIpc) is 2.92. The van der Waals surface area contributed by atoms with Gasteiger partial charge in [-0.05, 0) is 22.4 Å². The van der Waals surface area contributed by atoms with Crippen molar-refractivity contribution in [3.63, 3.8) is 0 Å². The van der Waals surface area contributed by atoms with Gasteiger partial charge >= 0.3 is 6.36 Å². The lowest BCUT2D eigenvalue weighted by atomic mass is 10.3. The van der Waals surface area contributed by atoms with Crippen LogP contribution in [0, 0.1) is 0 Å². The fourth-order valence-electron chi connectivity index (χ4n) is 1.75. The summed E-state index contributed by atoms with van der Waals surface area (Å²) in [7, 11) is 1.36. The first-order chi connectivity index (χ1) is 10.9. The van der Waals surface area contributed by atoms with E-state index in [0.29, 0.717) is 0 Å². The second kappa shape index (κ2) is 5.59. The summed E-state index contributed by atoms with van der Waals surface area (Å²) >= 11 is 0. The zero-order valence-electron chi connectivity index (χ0n) is 11.5. The van der Waals surface area contributed by atoms with Gasteiger partial charge in [0.05, 0.1) is 7.11 Å². The van der Waals surface area contributed by atoms with Crippen LogP contribution < -0.4 is 14.8 Å². The molecular formula is C12H8F3N5O3. The van der Waals surface area contributed by atoms with Gasteiger partial charge in [0.25, 0.3) is 5.88 Å². The predicted octanol–water partition coefficient (Wildman–Crippen LogP) is 2.66. The standard InChI is InChI=1S/C12H8F3N5O3/c1-21-11-10(17-8-9(18-11)20-23-19-8)16-6-3-2-4-7(5-6)22-12(13,14)15/h2-5H,1H3,(H,16,17,19). The third-order valence-corrected chi connectivity index (χ3v) is 2.61. The molecule has 3 aromatic rings. The Labute approximate surface area is 126 Å². The van der Waals surface area contributed by atoms with Gasteiger partial charge in [-0.3, -0.25) is 0 Å². The fraction of sp³-hybridized carbons (Fsp3) is 0.167. The van der Waals surface area contributed by atoms with Crippen molar-refractivity contribution < 1.29 is 27.3 Å². The van der Waals surface area contributed by atoms with Crippen molar-refractivity contribution in [1.29, 1.82) is 0 Å². The van der Waals surface area contributed by atoms with Gasteiger partial charge in [0, 0.05) is 11.8 Å². The molecular weight excluding hydrogens is 319 g/mol. The van der Waals surface area contributed by atoms with Crippen LogP contribution >= 0.6 is 0 Å². The molecule has 0 aliphatic carbocycles. The van der Waals surface area contributed by atoms with Crippen LogP contribution in [0.15, 0.2) is 28.9 Å². The highest BCUT2D eigenvalue weighted by Crippen LogP contribution is 2.29. The van der Waals surface area contributed by atoms with Crippen LogP contribution in [0.3, 0.4) is 0 Å². The molecule has 120 valence electrons. The minimum Gasteiger partial charge on any atom is -0.478 e. The van der Waals surface area contributed by atoms with Crippen molar-refractivity contribution in [2.75, 3.05) is 12.4 Å². The van der Waals surface area contributed by atoms with Crippen molar-refractivity contribution in [2.45, 2.75) is 6.36 Å².